The van der Waals surface area contributed by atoms with Crippen molar-refractivity contribution in [1.29, 1.82) is 0 Å². The third kappa shape index (κ3) is 6.25. The van der Waals surface area contributed by atoms with Crippen LogP contribution in [0.1, 0.15) is 60.0 Å². The van der Waals surface area contributed by atoms with Crippen molar-refractivity contribution >= 4 is 26.4 Å². The summed E-state index contributed by atoms with van der Waals surface area (Å²) in [5.41, 5.74) is 9.89. The molecule has 0 saturated heterocycles. The van der Waals surface area contributed by atoms with Gasteiger partial charge in [0.05, 0.1) is 0 Å². The van der Waals surface area contributed by atoms with Crippen LogP contribution in [-0.4, -0.2) is 3.21 Å². The van der Waals surface area contributed by atoms with E-state index >= 15 is 0 Å². The molecule has 5 heteroatoms. The van der Waals surface area contributed by atoms with E-state index in [0.29, 0.717) is 9.54 Å². The van der Waals surface area contributed by atoms with Crippen LogP contribution in [0, 0.1) is 11.3 Å². The molecule has 0 amide bonds. The minimum Gasteiger partial charge on any atom is -1.00 e. The maximum absolute atomic E-state index is 6.44. The molecule has 2 aliphatic carbocycles. The monoisotopic (exact) mass is 708 g/mol. The third-order valence-electron chi connectivity index (χ3n) is 8.37. The molecule has 0 nitrogen and oxygen atoms in total. The number of hydrogen-bond acceptors (Lipinski definition) is 0. The minimum atomic E-state index is -2.82. The molecule has 2 aliphatic rings. The number of halogens is 4. The van der Waals surface area contributed by atoms with Gasteiger partial charge in [-0.05, 0) is 0 Å². The van der Waals surface area contributed by atoms with Gasteiger partial charge in [-0.1, -0.05) is 0 Å². The predicted molar refractivity (Wildman–Crippen MR) is 169 cm³/mol. The predicted octanol–water partition coefficient (Wildman–Crippen LogP) is 4.85. The largest absolute Gasteiger partial charge is 1.00 e. The van der Waals surface area contributed by atoms with Crippen LogP contribution in [0.3, 0.4) is 0 Å². The van der Waals surface area contributed by atoms with Crippen molar-refractivity contribution in [3.63, 3.8) is 0 Å². The van der Waals surface area contributed by atoms with E-state index in [1.165, 1.54) is 42.2 Å². The fourth-order valence-electron chi connectivity index (χ4n) is 6.34. The van der Waals surface area contributed by atoms with E-state index in [0.717, 1.165) is 16.5 Å². The van der Waals surface area contributed by atoms with Gasteiger partial charge in [0, 0.05) is 0 Å². The summed E-state index contributed by atoms with van der Waals surface area (Å²) in [6.45, 7) is 9.38. The molecule has 0 radical (unpaired) electrons. The van der Waals surface area contributed by atoms with Crippen molar-refractivity contribution in [2.45, 2.75) is 37.7 Å². The standard InChI is InChI=1S/C13H8Cl2.C13H9.C11H17.2ClH.Zr/c14-12-5-1-10(2-6-12)9-11-3-7-13(15)8-4-11;1-3-7-12-10(5-1)9-11-6-2-4-8-13(11)12;1-5-9-6-7-10(8-9)11(2,3)4;;;/h1-8H;1-9H;7-9H,5H2,1-4H3;2*1H;/q;;;;;+2/p-2. The molecule has 0 aliphatic heterocycles. The molecule has 0 heterocycles. The molecule has 4 aromatic rings. The first-order valence-corrected chi connectivity index (χ1v) is 18.8. The summed E-state index contributed by atoms with van der Waals surface area (Å²) in [7, 11) is 0. The summed E-state index contributed by atoms with van der Waals surface area (Å²) in [5, 5.41) is 1.54. The first kappa shape index (κ1) is 33.2. The second-order valence-corrected chi connectivity index (χ2v) is 18.9. The first-order chi connectivity index (χ1) is 19.3. The van der Waals surface area contributed by atoms with Crippen LogP contribution in [0.15, 0.2) is 118 Å². The Balaban J connectivity index is 0.00000202. The maximum Gasteiger partial charge on any atom is -1.00 e. The summed E-state index contributed by atoms with van der Waals surface area (Å²) in [5.74, 6) is 0.457. The molecule has 214 valence electrons. The second kappa shape index (κ2) is 13.5. The van der Waals surface area contributed by atoms with Crippen molar-refractivity contribution in [1.82, 2.24) is 0 Å². The van der Waals surface area contributed by atoms with E-state index in [1.807, 2.05) is 24.3 Å². The molecule has 0 bridgehead atoms. The molecular weight excluding hydrogens is 677 g/mol. The Labute approximate surface area is 280 Å². The van der Waals surface area contributed by atoms with E-state index in [1.54, 1.807) is 3.28 Å². The topological polar surface area (TPSA) is 0 Å². The van der Waals surface area contributed by atoms with Gasteiger partial charge in [0.1, 0.15) is 0 Å². The normalized spacial score (nSPS) is 15.3. The summed E-state index contributed by atoms with van der Waals surface area (Å²) in [4.78, 5) is 0. The van der Waals surface area contributed by atoms with Crippen LogP contribution < -0.4 is 24.8 Å². The van der Waals surface area contributed by atoms with Gasteiger partial charge in [0.2, 0.25) is 0 Å². The van der Waals surface area contributed by atoms with E-state index < -0.39 is 21.3 Å². The number of benzene rings is 4. The zero-order chi connectivity index (χ0) is 28.0. The molecule has 0 fully saturated rings. The third-order valence-corrected chi connectivity index (χ3v) is 17.4. The molecule has 0 saturated carbocycles. The van der Waals surface area contributed by atoms with Gasteiger partial charge >= 0.3 is 258 Å². The molecule has 6 rings (SSSR count). The summed E-state index contributed by atoms with van der Waals surface area (Å²) in [6.07, 6.45) is 6.29. The Morgan fingerprint density at radius 2 is 1.14 bits per heavy atom. The van der Waals surface area contributed by atoms with Crippen LogP contribution in [-0.2, 0) is 21.3 Å². The molecule has 1 unspecified atom stereocenters. The first-order valence-electron chi connectivity index (χ1n) is 14.1. The van der Waals surface area contributed by atoms with Gasteiger partial charge in [-0.2, -0.15) is 0 Å². The fourth-order valence-corrected chi connectivity index (χ4v) is 16.4. The van der Waals surface area contributed by atoms with Crippen LogP contribution >= 0.6 is 23.2 Å². The van der Waals surface area contributed by atoms with Crippen molar-refractivity contribution in [3.8, 4) is 11.1 Å². The van der Waals surface area contributed by atoms with E-state index in [4.69, 9.17) is 23.2 Å². The molecule has 4 aromatic carbocycles. The van der Waals surface area contributed by atoms with Crippen LogP contribution in [0.2, 0.25) is 10.0 Å². The Morgan fingerprint density at radius 1 is 0.690 bits per heavy atom. The fraction of sp³-hybridized carbons (Fsp3) is 0.216. The molecule has 42 heavy (non-hydrogen) atoms. The zero-order valence-corrected chi connectivity index (χ0v) is 29.7. The van der Waals surface area contributed by atoms with Gasteiger partial charge in [-0.3, -0.25) is 0 Å². The SMILES string of the molecule is CCC1C=C(C(C)(C)C)C=[C]1[Zr+2](=[C](c1ccc(Cl)cc1)c1ccc(Cl)cc1)[CH]1c2ccccc2-c2ccccc21.[Cl-].[Cl-]. The van der Waals surface area contributed by atoms with Crippen molar-refractivity contribution in [2.24, 2.45) is 11.3 Å². The maximum atomic E-state index is 6.44. The van der Waals surface area contributed by atoms with Crippen LogP contribution in [0.4, 0.5) is 0 Å². The number of allylic oxidation sites excluding steroid dienone is 4. The van der Waals surface area contributed by atoms with E-state index in [9.17, 15) is 0 Å². The van der Waals surface area contributed by atoms with Crippen molar-refractivity contribution in [2.75, 3.05) is 0 Å². The van der Waals surface area contributed by atoms with E-state index in [-0.39, 0.29) is 30.2 Å². The second-order valence-electron chi connectivity index (χ2n) is 11.9. The Morgan fingerprint density at radius 3 is 1.57 bits per heavy atom. The number of fused-ring (bicyclic) bond motifs is 3. The number of rotatable bonds is 5. The molecular formula is C37H34Cl4Zr. The quantitative estimate of drug-likeness (QED) is 0.278. The zero-order valence-electron chi connectivity index (χ0n) is 24.3. The van der Waals surface area contributed by atoms with Gasteiger partial charge in [-0.25, -0.2) is 0 Å². The van der Waals surface area contributed by atoms with Crippen molar-refractivity contribution < 1.29 is 46.1 Å². The molecule has 1 atom stereocenters. The minimum absolute atomic E-state index is 0. The Hall–Kier alpha value is -1.73. The summed E-state index contributed by atoms with van der Waals surface area (Å²) >= 11 is 10.0. The summed E-state index contributed by atoms with van der Waals surface area (Å²) < 4.78 is 3.58. The average Bonchev–Trinajstić information content (AvgIpc) is 3.53. The summed E-state index contributed by atoms with van der Waals surface area (Å²) in [6, 6.07) is 35.3. The number of hydrogen-bond donors (Lipinski definition) is 0. The average molecular weight is 712 g/mol. The van der Waals surface area contributed by atoms with Gasteiger partial charge in [0.15, 0.2) is 0 Å². The van der Waals surface area contributed by atoms with Crippen molar-refractivity contribution in [3.05, 3.63) is 150 Å². The molecule has 0 spiro atoms. The Bertz CT molecular complexity index is 1580. The van der Waals surface area contributed by atoms with Crippen LogP contribution in [0.5, 0.6) is 0 Å². The van der Waals surface area contributed by atoms with Gasteiger partial charge in [0.25, 0.3) is 0 Å². The van der Waals surface area contributed by atoms with E-state index in [2.05, 4.69) is 113 Å². The van der Waals surface area contributed by atoms with Gasteiger partial charge in [-0.15, -0.1) is 0 Å². The Kier molecular flexibility index (Phi) is 10.7. The van der Waals surface area contributed by atoms with Gasteiger partial charge < -0.3 is 24.8 Å². The molecule has 0 aromatic heterocycles. The van der Waals surface area contributed by atoms with Crippen LogP contribution in [0.25, 0.3) is 11.1 Å². The molecule has 0 N–H and O–H groups in total. The smallest absolute Gasteiger partial charge is 1.00 e.